The summed E-state index contributed by atoms with van der Waals surface area (Å²) in [4.78, 5) is 14.6. The molecule has 138 valence electrons. The molecule has 2 aromatic carbocycles. The maximum absolute atomic E-state index is 12.2. The van der Waals surface area contributed by atoms with Gasteiger partial charge in [0.1, 0.15) is 0 Å². The molecule has 0 aliphatic carbocycles. The smallest absolute Gasteiger partial charge is 0.224 e. The van der Waals surface area contributed by atoms with Gasteiger partial charge in [0.2, 0.25) is 5.91 Å². The number of hydrogen-bond acceptors (Lipinski definition) is 4. The third-order valence-electron chi connectivity index (χ3n) is 4.71. The van der Waals surface area contributed by atoms with Gasteiger partial charge in [0.15, 0.2) is 11.5 Å². The van der Waals surface area contributed by atoms with Crippen LogP contribution in [-0.4, -0.2) is 33.2 Å². The van der Waals surface area contributed by atoms with Crippen molar-refractivity contribution >= 4 is 11.6 Å². The number of amides is 1. The van der Waals surface area contributed by atoms with E-state index in [9.17, 15) is 4.79 Å². The average Bonchev–Trinajstić information content (AvgIpc) is 3.21. The van der Waals surface area contributed by atoms with E-state index in [0.717, 1.165) is 24.2 Å². The second-order valence-electron chi connectivity index (χ2n) is 6.50. The third-order valence-corrected chi connectivity index (χ3v) is 4.71. The molecule has 3 rings (SSSR count). The van der Waals surface area contributed by atoms with Gasteiger partial charge in [0.05, 0.1) is 20.6 Å². The monoisotopic (exact) mass is 354 g/mol. The first-order valence-corrected chi connectivity index (χ1v) is 9.01. The molecule has 1 amide bonds. The fourth-order valence-electron chi connectivity index (χ4n) is 3.24. The van der Waals surface area contributed by atoms with Gasteiger partial charge in [-0.1, -0.05) is 18.2 Å². The molecule has 26 heavy (non-hydrogen) atoms. The molecule has 0 saturated carbocycles. The van der Waals surface area contributed by atoms with Gasteiger partial charge in [0.25, 0.3) is 0 Å². The van der Waals surface area contributed by atoms with Crippen LogP contribution in [0.4, 0.5) is 5.69 Å². The lowest BCUT2D eigenvalue weighted by atomic mass is 10.1. The molecule has 0 unspecified atom stereocenters. The van der Waals surface area contributed by atoms with Crippen molar-refractivity contribution in [3.05, 3.63) is 53.6 Å². The number of carbonyl (C=O) groups is 1. The summed E-state index contributed by atoms with van der Waals surface area (Å²) in [7, 11) is 3.19. The van der Waals surface area contributed by atoms with Gasteiger partial charge in [0, 0.05) is 25.3 Å². The highest BCUT2D eigenvalue weighted by molar-refractivity contribution is 5.78. The van der Waals surface area contributed by atoms with Gasteiger partial charge >= 0.3 is 0 Å². The molecule has 1 aliphatic heterocycles. The zero-order valence-electron chi connectivity index (χ0n) is 15.5. The minimum atomic E-state index is -0.0131. The fraction of sp³-hybridized carbons (Fsp3) is 0.381. The normalized spacial score (nSPS) is 13.5. The first kappa shape index (κ1) is 18.1. The van der Waals surface area contributed by atoms with Gasteiger partial charge in [-0.25, -0.2) is 0 Å². The van der Waals surface area contributed by atoms with Crippen molar-refractivity contribution in [2.75, 3.05) is 32.2 Å². The third kappa shape index (κ3) is 4.48. The first-order chi connectivity index (χ1) is 12.7. The number of carbonyl (C=O) groups excluding carboxylic acids is 1. The maximum atomic E-state index is 12.2. The van der Waals surface area contributed by atoms with Crippen LogP contribution in [0.2, 0.25) is 0 Å². The maximum Gasteiger partial charge on any atom is 0.224 e. The SMILES string of the molecule is COc1ccc(CC(=O)NCc2ccc(N3CCCC3)cc2)cc1OC. The number of nitrogens with zero attached hydrogens (tertiary/aromatic N) is 1. The van der Waals surface area contributed by atoms with E-state index < -0.39 is 0 Å². The van der Waals surface area contributed by atoms with Crippen LogP contribution in [0.3, 0.4) is 0 Å². The number of anilines is 1. The molecule has 5 nitrogen and oxygen atoms in total. The number of rotatable bonds is 7. The number of methoxy groups -OCH3 is 2. The molecule has 0 bridgehead atoms. The minimum Gasteiger partial charge on any atom is -0.493 e. The Balaban J connectivity index is 1.52. The summed E-state index contributed by atoms with van der Waals surface area (Å²) >= 11 is 0. The number of ether oxygens (including phenoxy) is 2. The van der Waals surface area contributed by atoms with Gasteiger partial charge in [-0.15, -0.1) is 0 Å². The molecule has 1 aliphatic rings. The van der Waals surface area contributed by atoms with E-state index in [1.165, 1.54) is 18.5 Å². The highest BCUT2D eigenvalue weighted by Crippen LogP contribution is 2.27. The lowest BCUT2D eigenvalue weighted by Crippen LogP contribution is -2.24. The molecule has 0 radical (unpaired) electrons. The molecule has 0 aromatic heterocycles. The van der Waals surface area contributed by atoms with Crippen LogP contribution < -0.4 is 19.7 Å². The Hall–Kier alpha value is -2.69. The van der Waals surface area contributed by atoms with E-state index in [4.69, 9.17) is 9.47 Å². The summed E-state index contributed by atoms with van der Waals surface area (Å²) in [5.74, 6) is 1.28. The predicted molar refractivity (Wildman–Crippen MR) is 103 cm³/mol. The minimum absolute atomic E-state index is 0.0131. The molecular weight excluding hydrogens is 328 g/mol. The van der Waals surface area contributed by atoms with Crippen LogP contribution in [0.1, 0.15) is 24.0 Å². The fourth-order valence-corrected chi connectivity index (χ4v) is 3.24. The topological polar surface area (TPSA) is 50.8 Å². The number of hydrogen-bond donors (Lipinski definition) is 1. The molecule has 2 aromatic rings. The van der Waals surface area contributed by atoms with Gasteiger partial charge < -0.3 is 19.7 Å². The zero-order valence-corrected chi connectivity index (χ0v) is 15.5. The van der Waals surface area contributed by atoms with Crippen molar-refractivity contribution < 1.29 is 14.3 Å². The van der Waals surface area contributed by atoms with E-state index in [2.05, 4.69) is 34.5 Å². The summed E-state index contributed by atoms with van der Waals surface area (Å²) < 4.78 is 10.5. The van der Waals surface area contributed by atoms with Gasteiger partial charge in [-0.2, -0.15) is 0 Å². The van der Waals surface area contributed by atoms with Crippen molar-refractivity contribution in [3.8, 4) is 11.5 Å². The molecule has 0 atom stereocenters. The largest absolute Gasteiger partial charge is 0.493 e. The number of nitrogens with one attached hydrogen (secondary N) is 1. The van der Waals surface area contributed by atoms with Crippen LogP contribution in [0.15, 0.2) is 42.5 Å². The highest BCUT2D eigenvalue weighted by Gasteiger charge is 2.12. The molecule has 1 N–H and O–H groups in total. The zero-order chi connectivity index (χ0) is 18.4. The molecule has 1 fully saturated rings. The van der Waals surface area contributed by atoms with Gasteiger partial charge in [-0.3, -0.25) is 4.79 Å². The van der Waals surface area contributed by atoms with Crippen LogP contribution in [0.25, 0.3) is 0 Å². The first-order valence-electron chi connectivity index (χ1n) is 9.01. The molecule has 5 heteroatoms. The molecule has 0 spiro atoms. The summed E-state index contributed by atoms with van der Waals surface area (Å²) in [6, 6.07) is 14.0. The van der Waals surface area contributed by atoms with Crippen LogP contribution in [0.5, 0.6) is 11.5 Å². The van der Waals surface area contributed by atoms with Crippen LogP contribution in [-0.2, 0) is 17.8 Å². The lowest BCUT2D eigenvalue weighted by Gasteiger charge is -2.17. The van der Waals surface area contributed by atoms with E-state index in [1.54, 1.807) is 14.2 Å². The van der Waals surface area contributed by atoms with E-state index >= 15 is 0 Å². The van der Waals surface area contributed by atoms with E-state index in [1.807, 2.05) is 18.2 Å². The quantitative estimate of drug-likeness (QED) is 0.830. The second kappa shape index (κ2) is 8.61. The van der Waals surface area contributed by atoms with E-state index in [0.29, 0.717) is 24.5 Å². The van der Waals surface area contributed by atoms with Crippen LogP contribution >= 0.6 is 0 Å². The number of benzene rings is 2. The summed E-state index contributed by atoms with van der Waals surface area (Å²) in [6.45, 7) is 2.81. The Kier molecular flexibility index (Phi) is 6.00. The van der Waals surface area contributed by atoms with Crippen molar-refractivity contribution in [1.29, 1.82) is 0 Å². The van der Waals surface area contributed by atoms with Gasteiger partial charge in [-0.05, 0) is 48.2 Å². The predicted octanol–water partition coefficient (Wildman–Crippen LogP) is 3.16. The van der Waals surface area contributed by atoms with Crippen molar-refractivity contribution in [2.24, 2.45) is 0 Å². The van der Waals surface area contributed by atoms with Crippen molar-refractivity contribution in [1.82, 2.24) is 5.32 Å². The Morgan fingerprint density at radius 1 is 0.962 bits per heavy atom. The summed E-state index contributed by atoms with van der Waals surface area (Å²) in [5, 5.41) is 2.98. The Morgan fingerprint density at radius 3 is 2.27 bits per heavy atom. The molecular formula is C21H26N2O3. The Labute approximate surface area is 154 Å². The second-order valence-corrected chi connectivity index (χ2v) is 6.50. The van der Waals surface area contributed by atoms with Crippen molar-refractivity contribution in [2.45, 2.75) is 25.8 Å². The Bertz CT molecular complexity index is 737. The Morgan fingerprint density at radius 2 is 1.62 bits per heavy atom. The average molecular weight is 354 g/mol. The molecule has 1 heterocycles. The summed E-state index contributed by atoms with van der Waals surface area (Å²) in [6.07, 6.45) is 2.86. The standard InChI is InChI=1S/C21H26N2O3/c1-25-19-10-7-17(13-20(19)26-2)14-21(24)22-15-16-5-8-18(9-6-16)23-11-3-4-12-23/h5-10,13H,3-4,11-12,14-15H2,1-2H3,(H,22,24). The highest BCUT2D eigenvalue weighted by atomic mass is 16.5. The summed E-state index contributed by atoms with van der Waals surface area (Å²) in [5.41, 5.74) is 3.26. The lowest BCUT2D eigenvalue weighted by molar-refractivity contribution is -0.120. The molecule has 1 saturated heterocycles. The van der Waals surface area contributed by atoms with E-state index in [-0.39, 0.29) is 5.91 Å². The van der Waals surface area contributed by atoms with Crippen LogP contribution in [0, 0.1) is 0 Å². The van der Waals surface area contributed by atoms with Crippen molar-refractivity contribution in [3.63, 3.8) is 0 Å².